The van der Waals surface area contributed by atoms with Crippen molar-refractivity contribution < 1.29 is 27.1 Å². The third-order valence-electron chi connectivity index (χ3n) is 2.02. The monoisotopic (exact) mass is 260 g/mol. The van der Waals surface area contributed by atoms with Gasteiger partial charge in [-0.15, -0.1) is 0 Å². The average Bonchev–Trinajstić information content (AvgIpc) is 2.26. The molecular weight excluding hydrogens is 244 g/mol. The van der Waals surface area contributed by atoms with Crippen molar-refractivity contribution in [2.24, 2.45) is 5.73 Å². The number of hydrogen-bond acceptors (Lipinski definition) is 3. The van der Waals surface area contributed by atoms with Gasteiger partial charge in [-0.05, 0) is 12.8 Å². The smallest absolute Gasteiger partial charge is 0.324 e. The third kappa shape index (κ3) is 6.42. The molecule has 0 aliphatic rings. The first-order valence-electron chi connectivity index (χ1n) is 4.99. The Morgan fingerprint density at radius 2 is 2.06 bits per heavy atom. The maximum absolute atomic E-state index is 12.5. The van der Waals surface area contributed by atoms with Gasteiger partial charge in [0.1, 0.15) is 0 Å². The van der Waals surface area contributed by atoms with Crippen LogP contribution in [0, 0.1) is 0 Å². The van der Waals surface area contributed by atoms with Crippen LogP contribution in [-0.4, -0.2) is 44.6 Å². The maximum atomic E-state index is 12.5. The third-order valence-corrected chi connectivity index (χ3v) is 2.02. The lowest BCUT2D eigenvalue weighted by Gasteiger charge is -2.17. The number of carbonyl (C=O) groups excluding carboxylic acids is 1. The molecule has 0 aliphatic heterocycles. The molecule has 0 saturated carbocycles. The number of amides is 1. The van der Waals surface area contributed by atoms with Gasteiger partial charge in [-0.1, -0.05) is 0 Å². The first-order chi connectivity index (χ1) is 7.81. The van der Waals surface area contributed by atoms with E-state index < -0.39 is 30.8 Å². The van der Waals surface area contributed by atoms with Crippen molar-refractivity contribution in [3.05, 3.63) is 0 Å². The molecule has 3 N–H and O–H groups in total. The Bertz CT molecular complexity index is 239. The minimum Gasteiger partial charge on any atom is -0.385 e. The highest BCUT2D eigenvalue weighted by molar-refractivity contribution is 5.81. The lowest BCUT2D eigenvalue weighted by molar-refractivity contribution is -0.137. The van der Waals surface area contributed by atoms with E-state index in [4.69, 9.17) is 10.5 Å². The number of ether oxygens (including phenoxy) is 1. The first kappa shape index (κ1) is 16.1. The van der Waals surface area contributed by atoms with Crippen LogP contribution in [0.3, 0.4) is 0 Å². The number of carbonyl (C=O) groups is 1. The zero-order valence-electron chi connectivity index (χ0n) is 9.39. The van der Waals surface area contributed by atoms with Crippen molar-refractivity contribution in [2.75, 3.05) is 20.3 Å². The summed E-state index contributed by atoms with van der Waals surface area (Å²) in [6.45, 7) is -1.03. The Hall–Kier alpha value is -0.890. The molecular formula is C9H16F4N2O2. The van der Waals surface area contributed by atoms with Crippen LogP contribution in [0.1, 0.15) is 12.8 Å². The summed E-state index contributed by atoms with van der Waals surface area (Å²) in [5.41, 5.74) is 5.36. The van der Waals surface area contributed by atoms with Gasteiger partial charge in [-0.2, -0.15) is 8.78 Å². The lowest BCUT2D eigenvalue weighted by Crippen LogP contribution is -2.47. The lowest BCUT2D eigenvalue weighted by atomic mass is 10.1. The summed E-state index contributed by atoms with van der Waals surface area (Å²) in [5.74, 6) is -5.11. The second-order valence-electron chi connectivity index (χ2n) is 3.52. The highest BCUT2D eigenvalue weighted by atomic mass is 19.3. The van der Waals surface area contributed by atoms with Crippen molar-refractivity contribution in [2.45, 2.75) is 31.2 Å². The largest absolute Gasteiger partial charge is 0.385 e. The number of rotatable bonds is 8. The number of halogens is 4. The van der Waals surface area contributed by atoms with E-state index in [-0.39, 0.29) is 6.42 Å². The molecule has 0 aromatic carbocycles. The molecule has 0 bridgehead atoms. The van der Waals surface area contributed by atoms with E-state index in [9.17, 15) is 22.4 Å². The highest BCUT2D eigenvalue weighted by Crippen LogP contribution is 2.21. The maximum Gasteiger partial charge on any atom is 0.324 e. The van der Waals surface area contributed by atoms with Crippen molar-refractivity contribution >= 4 is 5.91 Å². The fourth-order valence-electron chi connectivity index (χ4n) is 0.992. The number of alkyl halides is 4. The molecule has 0 rings (SSSR count). The number of nitrogens with one attached hydrogen (secondary N) is 1. The standard InChI is InChI=1S/C9H16F4N2O2/c1-17-4-2-3-6(14)7(16)15-5-9(12,13)8(10)11/h6,8H,2-5,14H2,1H3,(H,15,16). The second-order valence-corrected chi connectivity index (χ2v) is 3.52. The number of nitrogens with two attached hydrogens (primary N) is 1. The van der Waals surface area contributed by atoms with Crippen LogP contribution in [0.25, 0.3) is 0 Å². The summed E-state index contributed by atoms with van der Waals surface area (Å²) in [6.07, 6.45) is -3.09. The van der Waals surface area contributed by atoms with Crippen LogP contribution in [0.4, 0.5) is 17.6 Å². The van der Waals surface area contributed by atoms with E-state index in [1.807, 2.05) is 0 Å². The summed E-state index contributed by atoms with van der Waals surface area (Å²) in [6, 6.07) is -1.00. The molecule has 102 valence electrons. The van der Waals surface area contributed by atoms with Gasteiger partial charge in [-0.3, -0.25) is 4.79 Å². The van der Waals surface area contributed by atoms with Crippen molar-refractivity contribution in [3.8, 4) is 0 Å². The zero-order chi connectivity index (χ0) is 13.5. The Balaban J connectivity index is 3.93. The van der Waals surface area contributed by atoms with Crippen LogP contribution in [-0.2, 0) is 9.53 Å². The van der Waals surface area contributed by atoms with E-state index in [2.05, 4.69) is 0 Å². The fraction of sp³-hybridized carbons (Fsp3) is 0.889. The van der Waals surface area contributed by atoms with Crippen LogP contribution in [0.2, 0.25) is 0 Å². The van der Waals surface area contributed by atoms with E-state index in [0.717, 1.165) is 0 Å². The molecule has 0 saturated heterocycles. The molecule has 0 heterocycles. The summed E-state index contributed by atoms with van der Waals surface area (Å²) in [7, 11) is 1.47. The van der Waals surface area contributed by atoms with Gasteiger partial charge < -0.3 is 15.8 Å². The predicted octanol–water partition coefficient (Wildman–Crippen LogP) is 0.757. The molecule has 0 aromatic heterocycles. The highest BCUT2D eigenvalue weighted by Gasteiger charge is 2.41. The van der Waals surface area contributed by atoms with Crippen LogP contribution >= 0.6 is 0 Å². The predicted molar refractivity (Wildman–Crippen MR) is 53.0 cm³/mol. The molecule has 0 spiro atoms. The summed E-state index contributed by atoms with van der Waals surface area (Å²) in [5, 5.41) is 1.70. The molecule has 0 fully saturated rings. The topological polar surface area (TPSA) is 64.3 Å². The number of hydrogen-bond donors (Lipinski definition) is 2. The molecule has 0 aromatic rings. The van der Waals surface area contributed by atoms with Gasteiger partial charge in [-0.25, -0.2) is 8.78 Å². The summed E-state index contributed by atoms with van der Waals surface area (Å²) >= 11 is 0. The van der Waals surface area contributed by atoms with Crippen molar-refractivity contribution in [3.63, 3.8) is 0 Å². The van der Waals surface area contributed by atoms with Gasteiger partial charge in [0.15, 0.2) is 0 Å². The fourth-order valence-corrected chi connectivity index (χ4v) is 0.992. The summed E-state index contributed by atoms with van der Waals surface area (Å²) < 4.78 is 53.1. The molecule has 17 heavy (non-hydrogen) atoms. The van der Waals surface area contributed by atoms with Crippen molar-refractivity contribution in [1.29, 1.82) is 0 Å². The Morgan fingerprint density at radius 3 is 2.53 bits per heavy atom. The number of methoxy groups -OCH3 is 1. The quantitative estimate of drug-likeness (QED) is 0.500. The average molecular weight is 260 g/mol. The van der Waals surface area contributed by atoms with Crippen LogP contribution < -0.4 is 11.1 Å². The molecule has 0 aliphatic carbocycles. The second kappa shape index (κ2) is 7.44. The van der Waals surface area contributed by atoms with Crippen LogP contribution in [0.15, 0.2) is 0 Å². The molecule has 0 radical (unpaired) electrons. The van der Waals surface area contributed by atoms with Crippen molar-refractivity contribution in [1.82, 2.24) is 5.32 Å². The van der Waals surface area contributed by atoms with Gasteiger partial charge in [0.25, 0.3) is 0 Å². The van der Waals surface area contributed by atoms with Crippen LogP contribution in [0.5, 0.6) is 0 Å². The van der Waals surface area contributed by atoms with E-state index in [0.29, 0.717) is 13.0 Å². The molecule has 8 heteroatoms. The van der Waals surface area contributed by atoms with Gasteiger partial charge in [0.05, 0.1) is 12.6 Å². The van der Waals surface area contributed by atoms with Gasteiger partial charge in [0.2, 0.25) is 5.91 Å². The van der Waals surface area contributed by atoms with Gasteiger partial charge in [0, 0.05) is 13.7 Å². The Morgan fingerprint density at radius 1 is 1.47 bits per heavy atom. The van der Waals surface area contributed by atoms with E-state index in [1.165, 1.54) is 7.11 Å². The Labute approximate surface area is 96.5 Å². The normalized spacial score (nSPS) is 13.8. The molecule has 1 unspecified atom stereocenters. The summed E-state index contributed by atoms with van der Waals surface area (Å²) in [4.78, 5) is 11.2. The minimum atomic E-state index is -4.23. The van der Waals surface area contributed by atoms with E-state index >= 15 is 0 Å². The zero-order valence-corrected chi connectivity index (χ0v) is 9.39. The van der Waals surface area contributed by atoms with Gasteiger partial charge >= 0.3 is 12.3 Å². The molecule has 4 nitrogen and oxygen atoms in total. The van der Waals surface area contributed by atoms with E-state index in [1.54, 1.807) is 5.32 Å². The first-order valence-corrected chi connectivity index (χ1v) is 4.99. The minimum absolute atomic E-state index is 0.236. The SMILES string of the molecule is COCCCC(N)C(=O)NCC(F)(F)C(F)F. The molecule has 1 atom stereocenters. The molecule has 1 amide bonds. The Kier molecular flexibility index (Phi) is 7.05.